The Morgan fingerprint density at radius 3 is 3.05 bits per heavy atom. The number of nitrogens with one attached hydrogen (secondary N) is 2. The average Bonchev–Trinajstić information content (AvgIpc) is 2.80. The predicted octanol–water partition coefficient (Wildman–Crippen LogP) is 1.32. The van der Waals surface area contributed by atoms with Crippen molar-refractivity contribution < 1.29 is 9.53 Å². The van der Waals surface area contributed by atoms with Crippen molar-refractivity contribution in [1.82, 2.24) is 20.2 Å². The standard InChI is InChI=1S/C14H18N4O2/c1-20-7-6-15-14(19)18-8-10(9-18)13-16-11-4-2-3-5-12(11)17-13/h2-5,10H,6-9H2,1H3,(H,15,19)(H,16,17). The summed E-state index contributed by atoms with van der Waals surface area (Å²) in [4.78, 5) is 21.5. The fraction of sp³-hybridized carbons (Fsp3) is 0.429. The number of urea groups is 1. The number of methoxy groups -OCH3 is 1. The zero-order valence-corrected chi connectivity index (χ0v) is 11.4. The number of hydrogen-bond acceptors (Lipinski definition) is 3. The third kappa shape index (κ3) is 2.46. The van der Waals surface area contributed by atoms with Crippen LogP contribution in [0.3, 0.4) is 0 Å². The van der Waals surface area contributed by atoms with Crippen LogP contribution < -0.4 is 5.32 Å². The number of hydrogen-bond donors (Lipinski definition) is 2. The molecule has 6 heteroatoms. The van der Waals surface area contributed by atoms with Gasteiger partial charge in [0.15, 0.2) is 0 Å². The van der Waals surface area contributed by atoms with Crippen LogP contribution in [0.2, 0.25) is 0 Å². The highest BCUT2D eigenvalue weighted by molar-refractivity contribution is 5.76. The lowest BCUT2D eigenvalue weighted by Crippen LogP contribution is -2.53. The van der Waals surface area contributed by atoms with Crippen molar-refractivity contribution in [3.8, 4) is 0 Å². The number of benzene rings is 1. The van der Waals surface area contributed by atoms with Crippen molar-refractivity contribution in [1.29, 1.82) is 0 Å². The van der Waals surface area contributed by atoms with Gasteiger partial charge >= 0.3 is 6.03 Å². The zero-order chi connectivity index (χ0) is 13.9. The van der Waals surface area contributed by atoms with Gasteiger partial charge in [-0.25, -0.2) is 9.78 Å². The van der Waals surface area contributed by atoms with E-state index < -0.39 is 0 Å². The maximum atomic E-state index is 11.8. The lowest BCUT2D eigenvalue weighted by molar-refractivity contribution is 0.143. The average molecular weight is 274 g/mol. The fourth-order valence-corrected chi connectivity index (χ4v) is 2.36. The molecule has 1 aromatic carbocycles. The maximum Gasteiger partial charge on any atom is 0.317 e. The molecule has 0 bridgehead atoms. The normalized spacial score (nSPS) is 15.3. The van der Waals surface area contributed by atoms with E-state index in [4.69, 9.17) is 4.74 Å². The molecule has 1 aliphatic rings. The Kier molecular flexibility index (Phi) is 3.56. The van der Waals surface area contributed by atoms with Gasteiger partial charge in [-0.1, -0.05) is 12.1 Å². The number of para-hydroxylation sites is 2. The van der Waals surface area contributed by atoms with Gasteiger partial charge in [-0.3, -0.25) is 0 Å². The van der Waals surface area contributed by atoms with Crippen LogP contribution in [0.5, 0.6) is 0 Å². The van der Waals surface area contributed by atoms with E-state index in [9.17, 15) is 4.79 Å². The van der Waals surface area contributed by atoms with Crippen molar-refractivity contribution >= 4 is 17.1 Å². The number of H-pyrrole nitrogens is 1. The van der Waals surface area contributed by atoms with Gasteiger partial charge in [-0.15, -0.1) is 0 Å². The summed E-state index contributed by atoms with van der Waals surface area (Å²) in [6.07, 6.45) is 0. The number of nitrogens with zero attached hydrogens (tertiary/aromatic N) is 2. The molecule has 0 unspecified atom stereocenters. The van der Waals surface area contributed by atoms with Gasteiger partial charge < -0.3 is 19.9 Å². The fourth-order valence-electron chi connectivity index (χ4n) is 2.36. The Balaban J connectivity index is 1.56. The van der Waals surface area contributed by atoms with Gasteiger partial charge in [-0.05, 0) is 12.1 Å². The quantitative estimate of drug-likeness (QED) is 0.826. The zero-order valence-electron chi connectivity index (χ0n) is 11.4. The van der Waals surface area contributed by atoms with Crippen molar-refractivity contribution in [2.45, 2.75) is 5.92 Å². The van der Waals surface area contributed by atoms with Gasteiger partial charge in [0.05, 0.1) is 23.6 Å². The number of amides is 2. The molecule has 3 rings (SSSR count). The summed E-state index contributed by atoms with van der Waals surface area (Å²) in [5.41, 5.74) is 2.02. The van der Waals surface area contributed by atoms with Crippen LogP contribution in [0.15, 0.2) is 24.3 Å². The number of fused-ring (bicyclic) bond motifs is 1. The number of likely N-dealkylation sites (tertiary alicyclic amines) is 1. The molecular weight excluding hydrogens is 256 g/mol. The molecule has 6 nitrogen and oxygen atoms in total. The molecule has 0 aliphatic carbocycles. The van der Waals surface area contributed by atoms with E-state index in [2.05, 4.69) is 15.3 Å². The molecule has 0 saturated carbocycles. The lowest BCUT2D eigenvalue weighted by Gasteiger charge is -2.37. The highest BCUT2D eigenvalue weighted by atomic mass is 16.5. The molecule has 0 spiro atoms. The molecule has 1 fully saturated rings. The van der Waals surface area contributed by atoms with E-state index in [-0.39, 0.29) is 6.03 Å². The van der Waals surface area contributed by atoms with Crippen LogP contribution in [0.1, 0.15) is 11.7 Å². The van der Waals surface area contributed by atoms with Crippen molar-refractivity contribution in [3.05, 3.63) is 30.1 Å². The minimum atomic E-state index is -0.0330. The Bertz CT molecular complexity index is 571. The summed E-state index contributed by atoms with van der Waals surface area (Å²) in [5.74, 6) is 1.27. The second-order valence-electron chi connectivity index (χ2n) is 4.97. The SMILES string of the molecule is COCCNC(=O)N1CC(c2nc3ccccc3[nH]2)C1. The topological polar surface area (TPSA) is 70.2 Å². The Hall–Kier alpha value is -2.08. The van der Waals surface area contributed by atoms with Gasteiger partial charge in [0.25, 0.3) is 0 Å². The molecule has 0 radical (unpaired) electrons. The van der Waals surface area contributed by atoms with E-state index in [0.29, 0.717) is 32.2 Å². The van der Waals surface area contributed by atoms with E-state index in [1.807, 2.05) is 24.3 Å². The first-order chi connectivity index (χ1) is 9.78. The predicted molar refractivity (Wildman–Crippen MR) is 75.7 cm³/mol. The summed E-state index contributed by atoms with van der Waals surface area (Å²) >= 11 is 0. The summed E-state index contributed by atoms with van der Waals surface area (Å²) in [6, 6.07) is 7.93. The molecule has 0 atom stereocenters. The van der Waals surface area contributed by atoms with Crippen LogP contribution in [-0.4, -0.2) is 54.2 Å². The van der Waals surface area contributed by atoms with E-state index in [1.54, 1.807) is 12.0 Å². The third-order valence-corrected chi connectivity index (χ3v) is 3.55. The second kappa shape index (κ2) is 5.50. The number of aromatic nitrogens is 2. The lowest BCUT2D eigenvalue weighted by atomic mass is 10.0. The van der Waals surface area contributed by atoms with Gasteiger partial charge in [0.1, 0.15) is 5.82 Å². The molecule has 2 amide bonds. The minimum Gasteiger partial charge on any atom is -0.383 e. The molecule has 1 saturated heterocycles. The highest BCUT2D eigenvalue weighted by Gasteiger charge is 2.33. The molecule has 2 aromatic rings. The monoisotopic (exact) mass is 274 g/mol. The number of rotatable bonds is 4. The molecule has 2 N–H and O–H groups in total. The first kappa shape index (κ1) is 12.9. The number of aromatic amines is 1. The molecular formula is C14H18N4O2. The van der Waals surface area contributed by atoms with E-state index in [0.717, 1.165) is 16.9 Å². The maximum absolute atomic E-state index is 11.8. The molecule has 2 heterocycles. The van der Waals surface area contributed by atoms with Crippen LogP contribution in [0.4, 0.5) is 4.79 Å². The van der Waals surface area contributed by atoms with Crippen LogP contribution >= 0.6 is 0 Å². The number of carbonyl (C=O) groups excluding carboxylic acids is 1. The van der Waals surface area contributed by atoms with Gasteiger partial charge in [-0.2, -0.15) is 0 Å². The van der Waals surface area contributed by atoms with E-state index in [1.165, 1.54) is 0 Å². The summed E-state index contributed by atoms with van der Waals surface area (Å²) < 4.78 is 4.90. The molecule has 1 aliphatic heterocycles. The Morgan fingerprint density at radius 1 is 1.50 bits per heavy atom. The van der Waals surface area contributed by atoms with Crippen LogP contribution in [-0.2, 0) is 4.74 Å². The third-order valence-electron chi connectivity index (χ3n) is 3.55. The number of imidazole rings is 1. The summed E-state index contributed by atoms with van der Waals surface area (Å²) in [7, 11) is 1.62. The van der Waals surface area contributed by atoms with Crippen LogP contribution in [0, 0.1) is 0 Å². The smallest absolute Gasteiger partial charge is 0.317 e. The van der Waals surface area contributed by atoms with Crippen molar-refractivity contribution in [2.75, 3.05) is 33.4 Å². The second-order valence-corrected chi connectivity index (χ2v) is 4.97. The number of ether oxygens (including phenoxy) is 1. The Morgan fingerprint density at radius 2 is 2.30 bits per heavy atom. The van der Waals surface area contributed by atoms with Gasteiger partial charge in [0.2, 0.25) is 0 Å². The van der Waals surface area contributed by atoms with E-state index >= 15 is 0 Å². The first-order valence-electron chi connectivity index (χ1n) is 6.74. The largest absolute Gasteiger partial charge is 0.383 e. The summed E-state index contributed by atoms with van der Waals surface area (Å²) in [5, 5.41) is 2.82. The Labute approximate surface area is 117 Å². The highest BCUT2D eigenvalue weighted by Crippen LogP contribution is 2.26. The van der Waals surface area contributed by atoms with Crippen molar-refractivity contribution in [2.24, 2.45) is 0 Å². The van der Waals surface area contributed by atoms with Gasteiger partial charge in [0, 0.05) is 26.7 Å². The molecule has 20 heavy (non-hydrogen) atoms. The molecule has 106 valence electrons. The van der Waals surface area contributed by atoms with Crippen LogP contribution in [0.25, 0.3) is 11.0 Å². The first-order valence-corrected chi connectivity index (χ1v) is 6.74. The van der Waals surface area contributed by atoms with Crippen molar-refractivity contribution in [3.63, 3.8) is 0 Å². The minimum absolute atomic E-state index is 0.0330. The number of carbonyl (C=O) groups is 1. The summed E-state index contributed by atoms with van der Waals surface area (Å²) in [6.45, 7) is 2.49. The molecule has 1 aromatic heterocycles.